The van der Waals surface area contributed by atoms with Crippen molar-refractivity contribution in [1.82, 2.24) is 0 Å². The van der Waals surface area contributed by atoms with Crippen LogP contribution in [0.15, 0.2) is 107 Å². The van der Waals surface area contributed by atoms with Gasteiger partial charge in [-0.2, -0.15) is 0 Å². The third kappa shape index (κ3) is 3.13. The van der Waals surface area contributed by atoms with Gasteiger partial charge in [-0.15, -0.1) is 11.3 Å². The summed E-state index contributed by atoms with van der Waals surface area (Å²) < 4.78 is 9.16. The van der Waals surface area contributed by atoms with Crippen LogP contribution in [0.1, 0.15) is 38.8 Å². The second-order valence-electron chi connectivity index (χ2n) is 11.3. The molecule has 1 aliphatic carbocycles. The van der Waals surface area contributed by atoms with Crippen LogP contribution in [0.2, 0.25) is 0 Å². The molecule has 8 rings (SSSR count). The normalized spacial score (nSPS) is 15.2. The van der Waals surface area contributed by atoms with Crippen LogP contribution in [0, 0.1) is 0 Å². The monoisotopic (exact) mass is 520 g/mol. The van der Waals surface area contributed by atoms with E-state index >= 15 is 0 Å². The largest absolute Gasteiger partial charge is 0.456 e. The van der Waals surface area contributed by atoms with Crippen molar-refractivity contribution in [2.24, 2.45) is 0 Å². The quantitative estimate of drug-likeness (QED) is 0.221. The van der Waals surface area contributed by atoms with Gasteiger partial charge in [0.25, 0.3) is 0 Å². The van der Waals surface area contributed by atoms with E-state index < -0.39 is 0 Å². The third-order valence-corrected chi connectivity index (χ3v) is 10.1. The molecule has 39 heavy (non-hydrogen) atoms. The Morgan fingerprint density at radius 3 is 2.41 bits per heavy atom. The van der Waals surface area contributed by atoms with E-state index in [1.807, 2.05) is 11.3 Å². The van der Waals surface area contributed by atoms with Crippen molar-refractivity contribution in [1.29, 1.82) is 0 Å². The first-order valence-electron chi connectivity index (χ1n) is 13.6. The standard InChI is InChI=1S/C37H28OS/c1-5-8-25-21(2)37(3,4)31-17-22(11-14-26(25)31)23-12-15-28-33(18-23)38-32-16-13-24-19-35-30(20-29(24)36(28)32)27-9-6-7-10-34(27)39-35/h5-20H,1-4H3/b8-5-. The SMILES string of the molecule is C/C=C\C1=C(C)C(C)(C)c2cc(-c3ccc4c(c3)oc3ccc5cc6sc7ccccc7c6cc5c34)ccc21. The van der Waals surface area contributed by atoms with Gasteiger partial charge in [-0.3, -0.25) is 0 Å². The molecule has 0 amide bonds. The lowest BCUT2D eigenvalue weighted by Gasteiger charge is -2.23. The fourth-order valence-electron chi connectivity index (χ4n) is 6.60. The predicted molar refractivity (Wildman–Crippen MR) is 170 cm³/mol. The van der Waals surface area contributed by atoms with Crippen LogP contribution in [-0.2, 0) is 5.41 Å². The van der Waals surface area contributed by atoms with E-state index in [0.29, 0.717) is 0 Å². The minimum atomic E-state index is 0.0136. The average Bonchev–Trinajstić information content (AvgIpc) is 3.56. The van der Waals surface area contributed by atoms with Crippen LogP contribution >= 0.6 is 11.3 Å². The smallest absolute Gasteiger partial charge is 0.136 e. The molecule has 5 aromatic carbocycles. The summed E-state index contributed by atoms with van der Waals surface area (Å²) in [6.07, 6.45) is 4.39. The lowest BCUT2D eigenvalue weighted by molar-refractivity contribution is 0.639. The highest BCUT2D eigenvalue weighted by Gasteiger charge is 2.34. The van der Waals surface area contributed by atoms with Gasteiger partial charge in [0.2, 0.25) is 0 Å². The summed E-state index contributed by atoms with van der Waals surface area (Å²) >= 11 is 1.87. The number of furan rings is 1. The van der Waals surface area contributed by atoms with Crippen molar-refractivity contribution in [3.05, 3.63) is 114 Å². The molecule has 0 N–H and O–H groups in total. The maximum absolute atomic E-state index is 6.49. The maximum Gasteiger partial charge on any atom is 0.136 e. The van der Waals surface area contributed by atoms with E-state index in [9.17, 15) is 0 Å². The minimum absolute atomic E-state index is 0.0136. The van der Waals surface area contributed by atoms with Gasteiger partial charge >= 0.3 is 0 Å². The Bertz CT molecular complexity index is 2210. The number of thiophene rings is 1. The Hall–Kier alpha value is -4.14. The zero-order valence-electron chi connectivity index (χ0n) is 22.6. The van der Waals surface area contributed by atoms with E-state index in [2.05, 4.69) is 125 Å². The summed E-state index contributed by atoms with van der Waals surface area (Å²) in [5.74, 6) is 0. The molecule has 0 bridgehead atoms. The van der Waals surface area contributed by atoms with E-state index in [1.54, 1.807) is 0 Å². The van der Waals surface area contributed by atoms with Crippen molar-refractivity contribution in [2.75, 3.05) is 0 Å². The molecule has 0 unspecified atom stereocenters. The van der Waals surface area contributed by atoms with E-state index in [0.717, 1.165) is 11.2 Å². The lowest BCUT2D eigenvalue weighted by Crippen LogP contribution is -2.15. The van der Waals surface area contributed by atoms with Gasteiger partial charge in [-0.05, 0) is 94.9 Å². The van der Waals surface area contributed by atoms with Gasteiger partial charge in [-0.1, -0.05) is 74.0 Å². The molecule has 0 aliphatic heterocycles. The molecule has 2 heteroatoms. The molecular weight excluding hydrogens is 492 g/mol. The molecule has 188 valence electrons. The maximum atomic E-state index is 6.49. The molecule has 2 aromatic heterocycles. The van der Waals surface area contributed by atoms with Crippen LogP contribution in [0.3, 0.4) is 0 Å². The number of fused-ring (bicyclic) bond motifs is 9. The van der Waals surface area contributed by atoms with E-state index in [4.69, 9.17) is 4.42 Å². The number of allylic oxidation sites excluding steroid dienone is 4. The van der Waals surface area contributed by atoms with Gasteiger partial charge in [0.1, 0.15) is 11.2 Å². The topological polar surface area (TPSA) is 13.1 Å². The molecule has 2 heterocycles. The van der Waals surface area contributed by atoms with Gasteiger partial charge < -0.3 is 4.42 Å². The summed E-state index contributed by atoms with van der Waals surface area (Å²) in [4.78, 5) is 0. The Labute approximate surface area is 231 Å². The van der Waals surface area contributed by atoms with Crippen LogP contribution in [-0.4, -0.2) is 0 Å². The zero-order valence-corrected chi connectivity index (χ0v) is 23.4. The van der Waals surface area contributed by atoms with Crippen molar-refractivity contribution >= 4 is 69.8 Å². The molecule has 0 spiro atoms. The minimum Gasteiger partial charge on any atom is -0.456 e. The molecule has 1 aliphatic rings. The fourth-order valence-corrected chi connectivity index (χ4v) is 7.73. The highest BCUT2D eigenvalue weighted by molar-refractivity contribution is 7.25. The van der Waals surface area contributed by atoms with Crippen molar-refractivity contribution in [2.45, 2.75) is 33.1 Å². The van der Waals surface area contributed by atoms with Gasteiger partial charge in [-0.25, -0.2) is 0 Å². The number of rotatable bonds is 2. The highest BCUT2D eigenvalue weighted by atomic mass is 32.1. The third-order valence-electron chi connectivity index (χ3n) is 8.94. The number of benzene rings is 5. The van der Waals surface area contributed by atoms with Crippen LogP contribution in [0.5, 0.6) is 0 Å². The first kappa shape index (κ1) is 22.8. The molecule has 0 radical (unpaired) electrons. The molecule has 7 aromatic rings. The van der Waals surface area contributed by atoms with Gasteiger partial charge in [0, 0.05) is 36.4 Å². The lowest BCUT2D eigenvalue weighted by atomic mass is 9.81. The number of hydrogen-bond acceptors (Lipinski definition) is 2. The van der Waals surface area contributed by atoms with Crippen LogP contribution < -0.4 is 0 Å². The Balaban J connectivity index is 1.31. The molecule has 1 nitrogen and oxygen atoms in total. The Morgan fingerprint density at radius 1 is 0.718 bits per heavy atom. The second kappa shape index (κ2) is 7.94. The predicted octanol–water partition coefficient (Wildman–Crippen LogP) is 11.4. The molecule has 0 saturated carbocycles. The van der Waals surface area contributed by atoms with Gasteiger partial charge in [0.05, 0.1) is 0 Å². The Kier molecular flexibility index (Phi) is 4.64. The van der Waals surface area contributed by atoms with Crippen molar-refractivity contribution in [3.63, 3.8) is 0 Å². The average molecular weight is 521 g/mol. The molecular formula is C37H28OS. The molecule has 0 saturated heterocycles. The second-order valence-corrected chi connectivity index (χ2v) is 12.4. The van der Waals surface area contributed by atoms with E-state index in [-0.39, 0.29) is 5.41 Å². The van der Waals surface area contributed by atoms with Crippen molar-refractivity contribution < 1.29 is 4.42 Å². The highest BCUT2D eigenvalue weighted by Crippen LogP contribution is 2.48. The number of hydrogen-bond donors (Lipinski definition) is 0. The zero-order chi connectivity index (χ0) is 26.5. The van der Waals surface area contributed by atoms with Crippen molar-refractivity contribution in [3.8, 4) is 11.1 Å². The summed E-state index contributed by atoms with van der Waals surface area (Å²) in [7, 11) is 0. The first-order valence-corrected chi connectivity index (χ1v) is 14.5. The summed E-state index contributed by atoms with van der Waals surface area (Å²) in [6, 6.07) is 31.4. The summed E-state index contributed by atoms with van der Waals surface area (Å²) in [5, 5.41) is 7.54. The Morgan fingerprint density at radius 2 is 1.54 bits per heavy atom. The molecule has 0 fully saturated rings. The fraction of sp³-hybridized carbons (Fsp3) is 0.135. The molecule has 0 atom stereocenters. The van der Waals surface area contributed by atoms with Crippen LogP contribution in [0.4, 0.5) is 0 Å². The van der Waals surface area contributed by atoms with Gasteiger partial charge in [0.15, 0.2) is 0 Å². The summed E-state index contributed by atoms with van der Waals surface area (Å²) in [6.45, 7) is 9.04. The first-order chi connectivity index (χ1) is 18.9. The summed E-state index contributed by atoms with van der Waals surface area (Å²) in [5.41, 5.74) is 9.85. The van der Waals surface area contributed by atoms with E-state index in [1.165, 1.54) is 75.1 Å². The van der Waals surface area contributed by atoms with Crippen LogP contribution in [0.25, 0.3) is 69.6 Å².